The van der Waals surface area contributed by atoms with Gasteiger partial charge in [0.15, 0.2) is 0 Å². The van der Waals surface area contributed by atoms with Crippen LogP contribution in [0.15, 0.2) is 121 Å². The number of aliphatic carboxylic acids is 1. The minimum absolute atomic E-state index is 0.0137. The molecule has 16 nitrogen and oxygen atoms in total. The summed E-state index contributed by atoms with van der Waals surface area (Å²) in [5.74, 6) is -2.92. The summed E-state index contributed by atoms with van der Waals surface area (Å²) in [4.78, 5) is 72.3. The van der Waals surface area contributed by atoms with Crippen molar-refractivity contribution in [2.45, 2.75) is 81.1 Å². The summed E-state index contributed by atoms with van der Waals surface area (Å²) in [6.07, 6.45) is -0.0346. The monoisotopic (exact) mass is 917 g/mol. The molecule has 2 unspecified atom stereocenters. The van der Waals surface area contributed by atoms with Crippen LogP contribution in [0, 0.1) is 5.92 Å². The third-order valence-electron chi connectivity index (χ3n) is 11.2. The van der Waals surface area contributed by atoms with Gasteiger partial charge in [-0.15, -0.1) is 6.58 Å². The molecule has 1 aliphatic heterocycles. The molecule has 7 rings (SSSR count). The molecule has 1 aliphatic carbocycles. The van der Waals surface area contributed by atoms with Gasteiger partial charge in [-0.05, 0) is 69.0 Å². The van der Waals surface area contributed by atoms with E-state index < -0.39 is 73.9 Å². The molecule has 0 radical (unpaired) electrons. The quantitative estimate of drug-likeness (QED) is 0.0787. The number of hydrogen-bond acceptors (Lipinski definition) is 11. The zero-order valence-corrected chi connectivity index (χ0v) is 37.7. The lowest BCUT2D eigenvalue weighted by molar-refractivity contribution is -0.137. The van der Waals surface area contributed by atoms with Crippen LogP contribution in [0.4, 0.5) is 10.5 Å². The Morgan fingerprint density at radius 3 is 2.36 bits per heavy atom. The highest BCUT2D eigenvalue weighted by molar-refractivity contribution is 7.90. The Morgan fingerprint density at radius 1 is 0.939 bits per heavy atom. The lowest BCUT2D eigenvalue weighted by Gasteiger charge is -2.29. The molecule has 66 heavy (non-hydrogen) atoms. The average molecular weight is 918 g/mol. The summed E-state index contributed by atoms with van der Waals surface area (Å²) in [7, 11) is -3.11. The molecule has 344 valence electrons. The van der Waals surface area contributed by atoms with Gasteiger partial charge in [0.25, 0.3) is 15.9 Å². The van der Waals surface area contributed by atoms with Crippen LogP contribution in [-0.4, -0.2) is 90.1 Å². The van der Waals surface area contributed by atoms with Gasteiger partial charge in [0.05, 0.1) is 37.0 Å². The van der Waals surface area contributed by atoms with E-state index in [4.69, 9.17) is 24.3 Å². The third kappa shape index (κ3) is 10.8. The topological polar surface area (TPSA) is 220 Å². The smallest absolute Gasteiger partial charge is 0.411 e. The van der Waals surface area contributed by atoms with Crippen molar-refractivity contribution in [2.24, 2.45) is 5.92 Å². The number of carbonyl (C=O) groups excluding carboxylic acids is 4. The van der Waals surface area contributed by atoms with Gasteiger partial charge < -0.3 is 30.0 Å². The predicted octanol–water partition coefficient (Wildman–Crippen LogP) is 6.43. The van der Waals surface area contributed by atoms with Crippen molar-refractivity contribution in [3.63, 3.8) is 0 Å². The fourth-order valence-electron chi connectivity index (χ4n) is 7.93. The lowest BCUT2D eigenvalue weighted by Crippen LogP contribution is -2.56. The number of nitrogens with one attached hydrogen (secondary N) is 3. The summed E-state index contributed by atoms with van der Waals surface area (Å²) in [6.45, 7) is 8.82. The van der Waals surface area contributed by atoms with Gasteiger partial charge in [0, 0.05) is 41.8 Å². The standard InChI is InChI=1S/C49H51N5O11S/c1-6-33-28-49(33,46(59)53-66(61,62)42-18-11-10-17-37(42)51-43(55)24-31-14-12-13-30(23-31)19-22-44(56)57)52-45(58)40-26-35(29-54(40)47(60)65-48(2,3)4)64-41-27-38(32-15-8-7-9-16-32)50-39-25-34(63-5)20-21-36(39)41/h6-18,20-21,23,25,27,33,35,40H,1,19,22,24,26,28-29H2,2-5H3,(H,51,55)(H,52,58)(H,53,59)(H,56,57)/t33?,35-,40+,49?/m1/s1. The second-order valence-electron chi connectivity index (χ2n) is 17.3. The highest BCUT2D eigenvalue weighted by atomic mass is 32.2. The summed E-state index contributed by atoms with van der Waals surface area (Å²) in [6, 6.07) is 27.9. The molecule has 0 spiro atoms. The zero-order chi connectivity index (χ0) is 47.4. The number of carboxylic acids is 1. The molecule has 5 aromatic rings. The number of para-hydroxylation sites is 1. The number of hydrogen-bond donors (Lipinski definition) is 4. The molecule has 4 amide bonds. The maximum Gasteiger partial charge on any atom is 0.411 e. The molecule has 0 bridgehead atoms. The van der Waals surface area contributed by atoms with E-state index in [2.05, 4.69) is 21.9 Å². The molecule has 4 N–H and O–H groups in total. The van der Waals surface area contributed by atoms with Crippen LogP contribution in [-0.2, 0) is 46.8 Å². The minimum Gasteiger partial charge on any atom is -0.497 e. The maximum atomic E-state index is 14.4. The number of carboxylic acid groups (broad SMARTS) is 1. The summed E-state index contributed by atoms with van der Waals surface area (Å²) in [5, 5.41) is 15.1. The Balaban J connectivity index is 1.10. The van der Waals surface area contributed by atoms with Crippen molar-refractivity contribution < 1.29 is 51.7 Å². The Hall–Kier alpha value is -7.27. The number of pyridine rings is 1. The number of fused-ring (bicyclic) bond motifs is 1. The van der Waals surface area contributed by atoms with Crippen molar-refractivity contribution in [3.05, 3.63) is 127 Å². The molecule has 4 atom stereocenters. The van der Waals surface area contributed by atoms with Crippen LogP contribution in [0.3, 0.4) is 0 Å². The molecular weight excluding hydrogens is 867 g/mol. The Labute approximate surface area is 382 Å². The predicted molar refractivity (Wildman–Crippen MR) is 245 cm³/mol. The van der Waals surface area contributed by atoms with Crippen molar-refractivity contribution in [2.75, 3.05) is 19.0 Å². The largest absolute Gasteiger partial charge is 0.497 e. The number of amides is 4. The molecular formula is C49H51N5O11S. The number of sulfonamides is 1. The van der Waals surface area contributed by atoms with Crippen LogP contribution >= 0.6 is 0 Å². The van der Waals surface area contributed by atoms with E-state index in [-0.39, 0.29) is 44.3 Å². The van der Waals surface area contributed by atoms with Crippen molar-refractivity contribution in [3.8, 4) is 22.8 Å². The van der Waals surface area contributed by atoms with Crippen molar-refractivity contribution in [1.82, 2.24) is 19.9 Å². The zero-order valence-electron chi connectivity index (χ0n) is 36.9. The molecule has 1 saturated heterocycles. The molecule has 2 fully saturated rings. The van der Waals surface area contributed by atoms with Crippen LogP contribution in [0.2, 0.25) is 0 Å². The fraction of sp³-hybridized carbons (Fsp3) is 0.306. The second-order valence-corrected chi connectivity index (χ2v) is 18.9. The van der Waals surface area contributed by atoms with Crippen molar-refractivity contribution in [1.29, 1.82) is 0 Å². The third-order valence-corrected chi connectivity index (χ3v) is 12.6. The van der Waals surface area contributed by atoms with Crippen molar-refractivity contribution >= 4 is 56.4 Å². The van der Waals surface area contributed by atoms with Gasteiger partial charge in [0.1, 0.15) is 39.7 Å². The average Bonchev–Trinajstić information content (AvgIpc) is 3.83. The first-order valence-corrected chi connectivity index (χ1v) is 22.8. The van der Waals surface area contributed by atoms with Gasteiger partial charge in [-0.25, -0.2) is 22.9 Å². The summed E-state index contributed by atoms with van der Waals surface area (Å²) in [5.41, 5.74) is 0.587. The lowest BCUT2D eigenvalue weighted by atomic mass is 10.0. The number of rotatable bonds is 16. The van der Waals surface area contributed by atoms with Gasteiger partial charge in [-0.2, -0.15) is 0 Å². The number of aryl methyl sites for hydroxylation is 1. The Morgan fingerprint density at radius 2 is 1.67 bits per heavy atom. The first kappa shape index (κ1) is 46.7. The second kappa shape index (κ2) is 19.1. The van der Waals surface area contributed by atoms with Gasteiger partial charge in [-0.1, -0.05) is 72.8 Å². The minimum atomic E-state index is -4.67. The first-order chi connectivity index (χ1) is 31.4. The highest BCUT2D eigenvalue weighted by Gasteiger charge is 2.61. The van der Waals surface area contributed by atoms with Gasteiger partial charge in [-0.3, -0.25) is 24.1 Å². The van der Waals surface area contributed by atoms with E-state index in [9.17, 15) is 32.4 Å². The maximum absolute atomic E-state index is 14.4. The number of nitrogens with zero attached hydrogens (tertiary/aromatic N) is 2. The summed E-state index contributed by atoms with van der Waals surface area (Å²) < 4.78 is 47.8. The number of anilines is 1. The number of aromatic nitrogens is 1. The molecule has 4 aromatic carbocycles. The van der Waals surface area contributed by atoms with Crippen LogP contribution in [0.25, 0.3) is 22.2 Å². The van der Waals surface area contributed by atoms with Crippen LogP contribution in [0.5, 0.6) is 11.5 Å². The Kier molecular flexibility index (Phi) is 13.5. The molecule has 1 saturated carbocycles. The number of benzene rings is 4. The van der Waals surface area contributed by atoms with E-state index in [0.717, 1.165) is 11.1 Å². The van der Waals surface area contributed by atoms with E-state index in [1.54, 1.807) is 70.3 Å². The SMILES string of the molecule is C=CC1CC1(NC(=O)[C@@H]1C[C@@H](Oc2cc(-c3ccccc3)nc3cc(OC)ccc23)CN1C(=O)OC(C)(C)C)C(=O)NS(=O)(=O)c1ccccc1NC(=O)Cc1cccc(CCC(=O)O)c1. The Bertz CT molecular complexity index is 2810. The van der Waals surface area contributed by atoms with E-state index in [0.29, 0.717) is 33.7 Å². The van der Waals surface area contributed by atoms with E-state index in [1.165, 1.54) is 35.2 Å². The van der Waals surface area contributed by atoms with Gasteiger partial charge >= 0.3 is 12.1 Å². The number of methoxy groups -OCH3 is 1. The van der Waals surface area contributed by atoms with Crippen LogP contribution in [0.1, 0.15) is 51.2 Å². The number of carbonyl (C=O) groups is 5. The van der Waals surface area contributed by atoms with E-state index >= 15 is 0 Å². The number of ether oxygens (including phenoxy) is 3. The normalized spacial score (nSPS) is 19.0. The molecule has 17 heteroatoms. The summed E-state index contributed by atoms with van der Waals surface area (Å²) >= 11 is 0. The van der Waals surface area contributed by atoms with E-state index in [1.807, 2.05) is 36.4 Å². The molecule has 1 aromatic heterocycles. The van der Waals surface area contributed by atoms with Crippen LogP contribution < -0.4 is 24.8 Å². The number of likely N-dealkylation sites (tertiary alicyclic amines) is 1. The van der Waals surface area contributed by atoms with Gasteiger partial charge in [0.2, 0.25) is 11.8 Å². The fourth-order valence-corrected chi connectivity index (χ4v) is 9.13. The molecule has 2 heterocycles. The highest BCUT2D eigenvalue weighted by Crippen LogP contribution is 2.45. The first-order valence-electron chi connectivity index (χ1n) is 21.3. The molecule has 2 aliphatic rings.